The van der Waals surface area contributed by atoms with Gasteiger partial charge in [0.15, 0.2) is 6.10 Å². The van der Waals surface area contributed by atoms with E-state index in [9.17, 15) is 14.4 Å². The summed E-state index contributed by atoms with van der Waals surface area (Å²) >= 11 is 0. The highest BCUT2D eigenvalue weighted by Crippen LogP contribution is 2.18. The van der Waals surface area contributed by atoms with Gasteiger partial charge >= 0.3 is 17.9 Å². The average Bonchev–Trinajstić information content (AvgIpc) is 3.44. The molecule has 0 bridgehead atoms. The maximum atomic E-state index is 12.9. The van der Waals surface area contributed by atoms with Crippen molar-refractivity contribution < 1.29 is 28.6 Å². The lowest BCUT2D eigenvalue weighted by atomic mass is 10.0. The molecule has 0 aliphatic carbocycles. The van der Waals surface area contributed by atoms with Crippen molar-refractivity contribution in [2.75, 3.05) is 13.2 Å². The summed E-state index contributed by atoms with van der Waals surface area (Å²) in [6, 6.07) is 0. The highest BCUT2D eigenvalue weighted by molar-refractivity contribution is 5.71. The Labute approximate surface area is 485 Å². The van der Waals surface area contributed by atoms with Gasteiger partial charge in [-0.1, -0.05) is 319 Å². The molecule has 0 saturated carbocycles. The van der Waals surface area contributed by atoms with Crippen LogP contribution in [0.5, 0.6) is 0 Å². The molecule has 0 aliphatic heterocycles. The highest BCUT2D eigenvalue weighted by Gasteiger charge is 2.19. The summed E-state index contributed by atoms with van der Waals surface area (Å²) in [4.78, 5) is 38.2. The number of unbranched alkanes of at least 4 members (excludes halogenated alkanes) is 42. The largest absolute Gasteiger partial charge is 0.462 e. The maximum Gasteiger partial charge on any atom is 0.306 e. The van der Waals surface area contributed by atoms with E-state index in [2.05, 4.69) is 81.5 Å². The molecular weight excluding hydrogens is 961 g/mol. The van der Waals surface area contributed by atoms with Crippen LogP contribution in [-0.4, -0.2) is 37.2 Å². The van der Waals surface area contributed by atoms with Crippen LogP contribution in [0, 0.1) is 0 Å². The Hall–Kier alpha value is -2.89. The Morgan fingerprint density at radius 2 is 0.500 bits per heavy atom. The van der Waals surface area contributed by atoms with Crippen LogP contribution in [0.2, 0.25) is 0 Å². The van der Waals surface area contributed by atoms with Gasteiger partial charge in [-0.25, -0.2) is 0 Å². The average molecular weight is 1090 g/mol. The summed E-state index contributed by atoms with van der Waals surface area (Å²) in [5, 5.41) is 0. The third kappa shape index (κ3) is 63.9. The number of esters is 3. The molecule has 454 valence electrons. The fourth-order valence-corrected chi connectivity index (χ4v) is 10.1. The first-order chi connectivity index (χ1) is 38.5. The van der Waals surface area contributed by atoms with Crippen molar-refractivity contribution in [3.05, 3.63) is 60.8 Å². The molecule has 0 aromatic carbocycles. The minimum absolute atomic E-state index is 0.0691. The van der Waals surface area contributed by atoms with Gasteiger partial charge in [0.1, 0.15) is 13.2 Å². The lowest BCUT2D eigenvalue weighted by molar-refractivity contribution is -0.167. The van der Waals surface area contributed by atoms with Gasteiger partial charge in [0.2, 0.25) is 0 Å². The van der Waals surface area contributed by atoms with Crippen LogP contribution >= 0.6 is 0 Å². The summed E-state index contributed by atoms with van der Waals surface area (Å²) in [6.07, 6.45) is 85.6. The fraction of sp³-hybridized carbons (Fsp3) is 0.819. The fourth-order valence-electron chi connectivity index (χ4n) is 10.1. The van der Waals surface area contributed by atoms with Crippen molar-refractivity contribution in [3.8, 4) is 0 Å². The van der Waals surface area contributed by atoms with E-state index in [1.165, 1.54) is 238 Å². The minimum atomic E-state index is -0.770. The van der Waals surface area contributed by atoms with Crippen LogP contribution in [-0.2, 0) is 28.6 Å². The standard InChI is InChI=1S/C72H130O6/c1-4-7-10-13-16-19-21-23-25-27-29-30-31-32-33-34-35-36-37-38-39-40-41-42-44-45-47-49-51-53-56-59-62-65-71(74)77-68-69(67-76-70(73)64-61-58-55-18-15-12-9-6-3)78-72(75)66-63-60-57-54-52-50-48-46-43-28-26-24-22-20-17-14-11-8-5-2/h7,10,16,19,23-26,29-30,69H,4-6,8-9,11-15,17-18,20-22,27-28,31-68H2,1-3H3/b10-7-,19-16-,25-23-,26-24-,30-29-. The Bertz CT molecular complexity index is 1390. The number of hydrogen-bond acceptors (Lipinski definition) is 6. The first-order valence-corrected chi connectivity index (χ1v) is 34.3. The number of ether oxygens (including phenoxy) is 3. The quantitative estimate of drug-likeness (QED) is 0.0261. The molecule has 0 aromatic heterocycles. The molecule has 0 N–H and O–H groups in total. The predicted molar refractivity (Wildman–Crippen MR) is 339 cm³/mol. The zero-order valence-corrected chi connectivity index (χ0v) is 52.2. The van der Waals surface area contributed by atoms with Crippen LogP contribution in [0.25, 0.3) is 0 Å². The first kappa shape index (κ1) is 75.1. The van der Waals surface area contributed by atoms with E-state index in [1.54, 1.807) is 0 Å². The van der Waals surface area contributed by atoms with Crippen LogP contribution in [0.15, 0.2) is 60.8 Å². The van der Waals surface area contributed by atoms with Crippen LogP contribution in [0.3, 0.4) is 0 Å². The second-order valence-corrected chi connectivity index (χ2v) is 23.1. The van der Waals surface area contributed by atoms with E-state index in [0.717, 1.165) is 83.5 Å². The highest BCUT2D eigenvalue weighted by atomic mass is 16.6. The van der Waals surface area contributed by atoms with E-state index in [0.29, 0.717) is 19.3 Å². The zero-order valence-electron chi connectivity index (χ0n) is 52.2. The van der Waals surface area contributed by atoms with Crippen molar-refractivity contribution >= 4 is 17.9 Å². The molecule has 0 amide bonds. The molecule has 1 unspecified atom stereocenters. The third-order valence-corrected chi connectivity index (χ3v) is 15.3. The van der Waals surface area contributed by atoms with E-state index in [-0.39, 0.29) is 31.1 Å². The Morgan fingerprint density at radius 3 is 0.795 bits per heavy atom. The Kier molecular flexibility index (Phi) is 64.2. The monoisotopic (exact) mass is 1090 g/mol. The van der Waals surface area contributed by atoms with Gasteiger partial charge in [-0.3, -0.25) is 14.4 Å². The molecule has 0 aliphatic rings. The number of carbonyl (C=O) groups is 3. The molecule has 0 spiro atoms. The number of hydrogen-bond donors (Lipinski definition) is 0. The summed E-state index contributed by atoms with van der Waals surface area (Å²) < 4.78 is 16.9. The molecule has 78 heavy (non-hydrogen) atoms. The molecular formula is C72H130O6. The summed E-state index contributed by atoms with van der Waals surface area (Å²) in [6.45, 7) is 6.54. The van der Waals surface area contributed by atoms with E-state index in [4.69, 9.17) is 14.2 Å². The predicted octanol–water partition coefficient (Wildman–Crippen LogP) is 23.5. The smallest absolute Gasteiger partial charge is 0.306 e. The van der Waals surface area contributed by atoms with Crippen LogP contribution < -0.4 is 0 Å². The van der Waals surface area contributed by atoms with Crippen molar-refractivity contribution in [1.82, 2.24) is 0 Å². The molecule has 1 atom stereocenters. The van der Waals surface area contributed by atoms with Crippen LogP contribution in [0.1, 0.15) is 361 Å². The Balaban J connectivity index is 4.02. The summed E-state index contributed by atoms with van der Waals surface area (Å²) in [5.41, 5.74) is 0. The van der Waals surface area contributed by atoms with Gasteiger partial charge in [0, 0.05) is 19.3 Å². The third-order valence-electron chi connectivity index (χ3n) is 15.3. The van der Waals surface area contributed by atoms with Gasteiger partial charge in [-0.15, -0.1) is 0 Å². The molecule has 0 fully saturated rings. The normalized spacial score (nSPS) is 12.4. The van der Waals surface area contributed by atoms with Gasteiger partial charge in [0.25, 0.3) is 0 Å². The molecule has 6 heteroatoms. The molecule has 0 radical (unpaired) electrons. The van der Waals surface area contributed by atoms with Gasteiger partial charge < -0.3 is 14.2 Å². The topological polar surface area (TPSA) is 78.9 Å². The molecule has 0 saturated heterocycles. The minimum Gasteiger partial charge on any atom is -0.462 e. The zero-order chi connectivity index (χ0) is 56.4. The number of rotatable bonds is 63. The van der Waals surface area contributed by atoms with Gasteiger partial charge in [0.05, 0.1) is 0 Å². The molecule has 0 aromatic rings. The van der Waals surface area contributed by atoms with Crippen LogP contribution in [0.4, 0.5) is 0 Å². The van der Waals surface area contributed by atoms with E-state index < -0.39 is 6.10 Å². The van der Waals surface area contributed by atoms with Crippen molar-refractivity contribution in [2.45, 2.75) is 367 Å². The Morgan fingerprint density at radius 1 is 0.269 bits per heavy atom. The molecule has 0 heterocycles. The molecule has 0 rings (SSSR count). The number of allylic oxidation sites excluding steroid dienone is 10. The van der Waals surface area contributed by atoms with Crippen molar-refractivity contribution in [3.63, 3.8) is 0 Å². The van der Waals surface area contributed by atoms with Gasteiger partial charge in [-0.2, -0.15) is 0 Å². The SMILES string of the molecule is CC/C=C\C/C=C\C/C=C\C/C=C\CCCCCCCCCCCCCCCCCCCCCCC(=O)OCC(COC(=O)CCCCCCCCCC)OC(=O)CCCCCCCCCCC/C=C\CCCCCCCC. The van der Waals surface area contributed by atoms with E-state index >= 15 is 0 Å². The first-order valence-electron chi connectivity index (χ1n) is 34.3. The summed E-state index contributed by atoms with van der Waals surface area (Å²) in [5.74, 6) is -0.854. The molecule has 6 nitrogen and oxygen atoms in total. The van der Waals surface area contributed by atoms with Crippen molar-refractivity contribution in [1.29, 1.82) is 0 Å². The lowest BCUT2D eigenvalue weighted by Gasteiger charge is -2.18. The van der Waals surface area contributed by atoms with Crippen molar-refractivity contribution in [2.24, 2.45) is 0 Å². The number of carbonyl (C=O) groups excluding carboxylic acids is 3. The summed E-state index contributed by atoms with van der Waals surface area (Å²) in [7, 11) is 0. The second-order valence-electron chi connectivity index (χ2n) is 23.1. The lowest BCUT2D eigenvalue weighted by Crippen LogP contribution is -2.30. The van der Waals surface area contributed by atoms with Gasteiger partial charge in [-0.05, 0) is 83.5 Å². The maximum absolute atomic E-state index is 12.9. The van der Waals surface area contributed by atoms with E-state index in [1.807, 2.05) is 0 Å². The second kappa shape index (κ2) is 66.6.